The van der Waals surface area contributed by atoms with Crippen molar-refractivity contribution in [3.63, 3.8) is 0 Å². The average Bonchev–Trinajstić information content (AvgIpc) is 2.69. The number of thioether (sulfide) groups is 1. The molecule has 2 heterocycles. The van der Waals surface area contributed by atoms with Crippen molar-refractivity contribution in [3.8, 4) is 0 Å². The minimum Gasteiger partial charge on any atom is -0.337 e. The molecule has 0 radical (unpaired) electrons. The molecule has 2 saturated heterocycles. The van der Waals surface area contributed by atoms with E-state index in [1.54, 1.807) is 6.07 Å². The van der Waals surface area contributed by atoms with E-state index in [1.807, 2.05) is 34.9 Å². The van der Waals surface area contributed by atoms with Crippen LogP contribution in [0.15, 0.2) is 24.3 Å². The van der Waals surface area contributed by atoms with E-state index in [4.69, 9.17) is 0 Å². The van der Waals surface area contributed by atoms with Crippen molar-refractivity contribution < 1.29 is 9.59 Å². The van der Waals surface area contributed by atoms with Crippen LogP contribution in [0.25, 0.3) is 0 Å². The van der Waals surface area contributed by atoms with Gasteiger partial charge in [-0.1, -0.05) is 13.0 Å². The van der Waals surface area contributed by atoms with Crippen LogP contribution in [0.1, 0.15) is 36.5 Å². The predicted octanol–water partition coefficient (Wildman–Crippen LogP) is 2.84. The van der Waals surface area contributed by atoms with Gasteiger partial charge in [0.25, 0.3) is 5.91 Å². The normalized spacial score (nSPS) is 19.8. The van der Waals surface area contributed by atoms with Gasteiger partial charge in [-0.05, 0) is 56.0 Å². The second-order valence-corrected chi connectivity index (χ2v) is 8.53. The van der Waals surface area contributed by atoms with Crippen LogP contribution in [0.4, 0.5) is 5.69 Å². The molecule has 2 aliphatic rings. The first-order valence-electron chi connectivity index (χ1n) is 9.61. The van der Waals surface area contributed by atoms with Crippen molar-refractivity contribution in [2.45, 2.75) is 26.2 Å². The highest BCUT2D eigenvalue weighted by Gasteiger charge is 2.22. The quantitative estimate of drug-likeness (QED) is 0.831. The highest BCUT2D eigenvalue weighted by molar-refractivity contribution is 7.99. The third-order valence-electron chi connectivity index (χ3n) is 5.39. The summed E-state index contributed by atoms with van der Waals surface area (Å²) in [7, 11) is 0. The molecule has 0 spiro atoms. The molecule has 142 valence electrons. The van der Waals surface area contributed by atoms with Gasteiger partial charge in [0.1, 0.15) is 0 Å². The third-order valence-corrected chi connectivity index (χ3v) is 6.33. The summed E-state index contributed by atoms with van der Waals surface area (Å²) in [6.07, 6.45) is 2.82. The molecule has 2 fully saturated rings. The van der Waals surface area contributed by atoms with E-state index in [0.717, 1.165) is 50.5 Å². The molecule has 2 N–H and O–H groups in total. The molecule has 1 atom stereocenters. The Hall–Kier alpha value is -1.53. The number of hydrogen-bond acceptors (Lipinski definition) is 4. The molecule has 0 aliphatic carbocycles. The first kappa shape index (κ1) is 19.2. The van der Waals surface area contributed by atoms with Gasteiger partial charge in [-0.3, -0.25) is 9.59 Å². The number of hydrogen-bond donors (Lipinski definition) is 2. The molecular weight excluding hydrogens is 346 g/mol. The molecule has 3 rings (SSSR count). The van der Waals surface area contributed by atoms with Crippen LogP contribution in [0.5, 0.6) is 0 Å². The lowest BCUT2D eigenvalue weighted by atomic mass is 9.84. The molecule has 1 aromatic rings. The largest absolute Gasteiger partial charge is 0.337 e. The van der Waals surface area contributed by atoms with Crippen molar-refractivity contribution in [1.29, 1.82) is 0 Å². The SMILES string of the molecule is CC(CC(=O)Nc1cccc(C(=O)N2CCSCC2)c1)C1CCNCC1. The summed E-state index contributed by atoms with van der Waals surface area (Å²) in [5, 5.41) is 6.35. The van der Waals surface area contributed by atoms with Gasteiger partial charge in [0.2, 0.25) is 5.91 Å². The topological polar surface area (TPSA) is 61.4 Å². The summed E-state index contributed by atoms with van der Waals surface area (Å²) in [5.41, 5.74) is 1.37. The molecule has 1 aromatic carbocycles. The molecule has 0 aromatic heterocycles. The van der Waals surface area contributed by atoms with Crippen molar-refractivity contribution in [2.24, 2.45) is 11.8 Å². The fraction of sp³-hybridized carbons (Fsp3) is 0.600. The van der Waals surface area contributed by atoms with Crippen LogP contribution in [0.2, 0.25) is 0 Å². The van der Waals surface area contributed by atoms with E-state index in [0.29, 0.717) is 29.5 Å². The molecule has 1 unspecified atom stereocenters. The number of piperidine rings is 1. The molecular formula is C20H29N3O2S. The fourth-order valence-electron chi connectivity index (χ4n) is 3.76. The summed E-state index contributed by atoms with van der Waals surface area (Å²) in [5.74, 6) is 3.09. The number of nitrogens with one attached hydrogen (secondary N) is 2. The van der Waals surface area contributed by atoms with Crippen molar-refractivity contribution in [3.05, 3.63) is 29.8 Å². The molecule has 26 heavy (non-hydrogen) atoms. The van der Waals surface area contributed by atoms with Gasteiger partial charge in [0.05, 0.1) is 0 Å². The first-order valence-corrected chi connectivity index (χ1v) is 10.8. The van der Waals surface area contributed by atoms with Gasteiger partial charge in [0, 0.05) is 42.3 Å². The Morgan fingerprint density at radius 2 is 2.00 bits per heavy atom. The van der Waals surface area contributed by atoms with Crippen LogP contribution in [-0.4, -0.2) is 54.4 Å². The van der Waals surface area contributed by atoms with Crippen LogP contribution >= 0.6 is 11.8 Å². The zero-order valence-corrected chi connectivity index (χ0v) is 16.3. The zero-order chi connectivity index (χ0) is 18.4. The second-order valence-electron chi connectivity index (χ2n) is 7.30. The van der Waals surface area contributed by atoms with Gasteiger partial charge in [-0.2, -0.15) is 11.8 Å². The van der Waals surface area contributed by atoms with Crippen molar-refractivity contribution >= 4 is 29.3 Å². The minimum atomic E-state index is 0.0370. The second kappa shape index (κ2) is 9.42. The molecule has 2 aliphatic heterocycles. The maximum absolute atomic E-state index is 12.6. The predicted molar refractivity (Wildman–Crippen MR) is 108 cm³/mol. The van der Waals surface area contributed by atoms with Crippen molar-refractivity contribution in [1.82, 2.24) is 10.2 Å². The lowest BCUT2D eigenvalue weighted by Crippen LogP contribution is -2.37. The summed E-state index contributed by atoms with van der Waals surface area (Å²) in [6.45, 7) is 5.87. The Labute approximate surface area is 160 Å². The molecule has 0 saturated carbocycles. The maximum atomic E-state index is 12.6. The van der Waals surface area contributed by atoms with E-state index in [1.165, 1.54) is 0 Å². The summed E-state index contributed by atoms with van der Waals surface area (Å²) in [4.78, 5) is 26.9. The highest BCUT2D eigenvalue weighted by Crippen LogP contribution is 2.25. The van der Waals surface area contributed by atoms with E-state index < -0.39 is 0 Å². The van der Waals surface area contributed by atoms with Gasteiger partial charge in [-0.25, -0.2) is 0 Å². The number of carbonyl (C=O) groups excluding carboxylic acids is 2. The summed E-state index contributed by atoms with van der Waals surface area (Å²) >= 11 is 1.89. The van der Waals surface area contributed by atoms with Crippen molar-refractivity contribution in [2.75, 3.05) is 43.0 Å². The van der Waals surface area contributed by atoms with Gasteiger partial charge >= 0.3 is 0 Å². The van der Waals surface area contributed by atoms with Gasteiger partial charge < -0.3 is 15.5 Å². The summed E-state index contributed by atoms with van der Waals surface area (Å²) in [6, 6.07) is 7.34. The Kier molecular flexibility index (Phi) is 6.97. The fourth-order valence-corrected chi connectivity index (χ4v) is 4.67. The number of nitrogens with zero attached hydrogens (tertiary/aromatic N) is 1. The van der Waals surface area contributed by atoms with Crippen LogP contribution in [-0.2, 0) is 4.79 Å². The van der Waals surface area contributed by atoms with E-state index >= 15 is 0 Å². The first-order chi connectivity index (χ1) is 12.6. The molecule has 0 bridgehead atoms. The monoisotopic (exact) mass is 375 g/mol. The average molecular weight is 376 g/mol. The zero-order valence-electron chi connectivity index (χ0n) is 15.5. The van der Waals surface area contributed by atoms with E-state index in [2.05, 4.69) is 17.6 Å². The lowest BCUT2D eigenvalue weighted by Gasteiger charge is -2.28. The molecule has 5 nitrogen and oxygen atoms in total. The van der Waals surface area contributed by atoms with Crippen LogP contribution in [0.3, 0.4) is 0 Å². The number of benzene rings is 1. The van der Waals surface area contributed by atoms with E-state index in [-0.39, 0.29) is 11.8 Å². The minimum absolute atomic E-state index is 0.0370. The smallest absolute Gasteiger partial charge is 0.253 e. The standard InChI is InChI=1S/C20H29N3O2S/c1-15(16-5-7-21-8-6-16)13-19(24)22-18-4-2-3-17(14-18)20(25)23-9-11-26-12-10-23/h2-4,14-16,21H,5-13H2,1H3,(H,22,24). The molecule has 6 heteroatoms. The lowest BCUT2D eigenvalue weighted by molar-refractivity contribution is -0.117. The Morgan fingerprint density at radius 1 is 1.27 bits per heavy atom. The highest BCUT2D eigenvalue weighted by atomic mass is 32.2. The van der Waals surface area contributed by atoms with Crippen LogP contribution < -0.4 is 10.6 Å². The van der Waals surface area contributed by atoms with E-state index in [9.17, 15) is 9.59 Å². The number of amides is 2. The van der Waals surface area contributed by atoms with Gasteiger partial charge in [0.15, 0.2) is 0 Å². The summed E-state index contributed by atoms with van der Waals surface area (Å²) < 4.78 is 0. The molecule has 2 amide bonds. The van der Waals surface area contributed by atoms with Gasteiger partial charge in [-0.15, -0.1) is 0 Å². The number of anilines is 1. The van der Waals surface area contributed by atoms with Crippen LogP contribution in [0, 0.1) is 11.8 Å². The third kappa shape index (κ3) is 5.24. The maximum Gasteiger partial charge on any atom is 0.253 e. The Bertz CT molecular complexity index is 625. The Morgan fingerprint density at radius 3 is 2.73 bits per heavy atom. The number of rotatable bonds is 5. The number of carbonyl (C=O) groups is 2. The Balaban J connectivity index is 1.55.